The Labute approximate surface area is 125 Å². The molecule has 0 saturated carbocycles. The van der Waals surface area contributed by atoms with Gasteiger partial charge in [0.15, 0.2) is 0 Å². The highest BCUT2D eigenvalue weighted by atomic mass is 16.4. The molecule has 1 aliphatic rings. The van der Waals surface area contributed by atoms with Gasteiger partial charge in [0.05, 0.1) is 5.69 Å². The summed E-state index contributed by atoms with van der Waals surface area (Å²) in [6.45, 7) is 3.03. The van der Waals surface area contributed by atoms with Gasteiger partial charge in [-0.3, -0.25) is 9.59 Å². The number of benzene rings is 1. The van der Waals surface area contributed by atoms with E-state index in [4.69, 9.17) is 5.11 Å². The number of para-hydroxylation sites is 1. The lowest BCUT2D eigenvalue weighted by atomic mass is 9.87. The maximum atomic E-state index is 11.9. The van der Waals surface area contributed by atoms with Gasteiger partial charge >= 0.3 is 5.97 Å². The van der Waals surface area contributed by atoms with Gasteiger partial charge in [0.2, 0.25) is 5.91 Å². The lowest BCUT2D eigenvalue weighted by Gasteiger charge is -2.28. The van der Waals surface area contributed by atoms with Gasteiger partial charge in [-0.25, -0.2) is 0 Å². The maximum absolute atomic E-state index is 11.9. The van der Waals surface area contributed by atoms with Crippen LogP contribution in [0.4, 0.5) is 5.69 Å². The Morgan fingerprint density at radius 1 is 1.38 bits per heavy atom. The van der Waals surface area contributed by atoms with Crippen LogP contribution in [0.3, 0.4) is 0 Å². The van der Waals surface area contributed by atoms with Crippen molar-refractivity contribution in [3.05, 3.63) is 41.5 Å². The number of hydrogen-bond donors (Lipinski definition) is 1. The van der Waals surface area contributed by atoms with Crippen molar-refractivity contribution in [1.29, 1.82) is 0 Å². The lowest BCUT2D eigenvalue weighted by Crippen LogP contribution is -2.35. The van der Waals surface area contributed by atoms with Crippen LogP contribution in [-0.4, -0.2) is 23.5 Å². The zero-order chi connectivity index (χ0) is 15.4. The van der Waals surface area contributed by atoms with Crippen molar-refractivity contribution in [1.82, 2.24) is 0 Å². The molecule has 1 amide bonds. The molecule has 21 heavy (non-hydrogen) atoms. The molecule has 0 fully saturated rings. The lowest BCUT2D eigenvalue weighted by molar-refractivity contribution is -0.136. The van der Waals surface area contributed by atoms with E-state index in [0.717, 1.165) is 36.1 Å². The molecule has 0 bridgehead atoms. The molecule has 1 aromatic carbocycles. The summed E-state index contributed by atoms with van der Waals surface area (Å²) in [5, 5.41) is 9.08. The molecule has 1 atom stereocenters. The van der Waals surface area contributed by atoms with Gasteiger partial charge in [-0.2, -0.15) is 0 Å². The summed E-state index contributed by atoms with van der Waals surface area (Å²) < 4.78 is 0. The third kappa shape index (κ3) is 3.51. The normalized spacial score (nSPS) is 17.5. The molecule has 1 unspecified atom stereocenters. The Hall–Kier alpha value is -2.10. The Morgan fingerprint density at radius 3 is 2.71 bits per heavy atom. The van der Waals surface area contributed by atoms with Gasteiger partial charge < -0.3 is 10.0 Å². The van der Waals surface area contributed by atoms with E-state index in [-0.39, 0.29) is 18.4 Å². The summed E-state index contributed by atoms with van der Waals surface area (Å²) in [6.07, 6.45) is 7.57. The Morgan fingerprint density at radius 2 is 2.14 bits per heavy atom. The van der Waals surface area contributed by atoms with Crippen molar-refractivity contribution < 1.29 is 14.7 Å². The molecule has 0 saturated heterocycles. The Kier molecular flexibility index (Phi) is 4.78. The number of anilines is 1. The van der Waals surface area contributed by atoms with Crippen LogP contribution in [0.5, 0.6) is 0 Å². The average molecular weight is 287 g/mol. The second-order valence-corrected chi connectivity index (χ2v) is 5.48. The summed E-state index contributed by atoms with van der Waals surface area (Å²) in [7, 11) is 0. The second-order valence-electron chi connectivity index (χ2n) is 5.48. The Balaban J connectivity index is 2.49. The first-order valence-electron chi connectivity index (χ1n) is 7.26. The highest BCUT2D eigenvalue weighted by Crippen LogP contribution is 2.36. The molecule has 112 valence electrons. The monoisotopic (exact) mass is 287 g/mol. The smallest absolute Gasteiger partial charge is 0.323 e. The third-order valence-corrected chi connectivity index (χ3v) is 3.87. The van der Waals surface area contributed by atoms with Gasteiger partial charge in [-0.05, 0) is 37.3 Å². The van der Waals surface area contributed by atoms with E-state index in [2.05, 4.69) is 12.2 Å². The number of rotatable bonds is 4. The van der Waals surface area contributed by atoms with Crippen LogP contribution in [0.1, 0.15) is 43.2 Å². The number of carbonyl (C=O) groups is 2. The average Bonchev–Trinajstić information content (AvgIpc) is 2.45. The summed E-state index contributed by atoms with van der Waals surface area (Å²) in [4.78, 5) is 24.4. The first-order valence-corrected chi connectivity index (χ1v) is 7.26. The predicted octanol–water partition coefficient (Wildman–Crippen LogP) is 3.26. The fourth-order valence-corrected chi connectivity index (χ4v) is 2.90. The molecule has 0 spiro atoms. The zero-order valence-electron chi connectivity index (χ0n) is 12.5. The number of amides is 1. The number of aryl methyl sites for hydroxylation is 1. The van der Waals surface area contributed by atoms with Crippen molar-refractivity contribution in [2.75, 3.05) is 11.4 Å². The third-order valence-electron chi connectivity index (χ3n) is 3.87. The van der Waals surface area contributed by atoms with Crippen LogP contribution in [0.25, 0.3) is 0 Å². The molecular weight excluding hydrogens is 266 g/mol. The topological polar surface area (TPSA) is 57.6 Å². The minimum atomic E-state index is -1.00. The van der Waals surface area contributed by atoms with Crippen molar-refractivity contribution in [2.24, 2.45) is 0 Å². The standard InChI is InChI=1S/C17H21NO3/c1-12-7-6-10-15(14-8-4-3-5-9-14)17(12)18(13(2)19)11-16(20)21/h4,6-8,10,14H,3,5,9,11H2,1-2H3,(H,20,21). The summed E-state index contributed by atoms with van der Waals surface area (Å²) in [6, 6.07) is 5.89. The van der Waals surface area contributed by atoms with E-state index in [1.807, 2.05) is 25.1 Å². The minimum Gasteiger partial charge on any atom is -0.480 e. The van der Waals surface area contributed by atoms with E-state index in [1.54, 1.807) is 0 Å². The molecule has 0 heterocycles. The SMILES string of the molecule is CC(=O)N(CC(=O)O)c1c(C)cccc1C1C=CCCC1. The number of aliphatic carboxylic acids is 1. The molecule has 0 radical (unpaired) electrons. The number of carbonyl (C=O) groups excluding carboxylic acids is 1. The number of hydrogen-bond acceptors (Lipinski definition) is 2. The molecule has 0 aliphatic heterocycles. The second kappa shape index (κ2) is 6.57. The van der Waals surface area contributed by atoms with Crippen LogP contribution in [0.15, 0.2) is 30.4 Å². The number of allylic oxidation sites excluding steroid dienone is 2. The highest BCUT2D eigenvalue weighted by molar-refractivity contribution is 5.97. The van der Waals surface area contributed by atoms with Gasteiger partial charge in [-0.15, -0.1) is 0 Å². The zero-order valence-corrected chi connectivity index (χ0v) is 12.5. The van der Waals surface area contributed by atoms with Crippen LogP contribution < -0.4 is 4.90 Å². The summed E-state index contributed by atoms with van der Waals surface area (Å²) >= 11 is 0. The molecule has 4 nitrogen and oxygen atoms in total. The van der Waals surface area contributed by atoms with Gasteiger partial charge in [0.1, 0.15) is 6.54 Å². The van der Waals surface area contributed by atoms with Crippen LogP contribution in [-0.2, 0) is 9.59 Å². The van der Waals surface area contributed by atoms with Crippen molar-refractivity contribution in [3.63, 3.8) is 0 Å². The van der Waals surface area contributed by atoms with Gasteiger partial charge in [-0.1, -0.05) is 30.4 Å². The molecule has 1 aromatic rings. The molecule has 4 heteroatoms. The predicted molar refractivity (Wildman–Crippen MR) is 82.6 cm³/mol. The van der Waals surface area contributed by atoms with Crippen molar-refractivity contribution in [3.8, 4) is 0 Å². The van der Waals surface area contributed by atoms with Crippen LogP contribution in [0, 0.1) is 6.92 Å². The number of nitrogens with zero attached hydrogens (tertiary/aromatic N) is 1. The highest BCUT2D eigenvalue weighted by Gasteiger charge is 2.23. The minimum absolute atomic E-state index is 0.243. The first-order chi connectivity index (χ1) is 10.0. The number of carboxylic acid groups (broad SMARTS) is 1. The van der Waals surface area contributed by atoms with Gasteiger partial charge in [0, 0.05) is 12.8 Å². The number of carboxylic acids is 1. The largest absolute Gasteiger partial charge is 0.480 e. The maximum Gasteiger partial charge on any atom is 0.323 e. The quantitative estimate of drug-likeness (QED) is 0.865. The fourth-order valence-electron chi connectivity index (χ4n) is 2.90. The van der Waals surface area contributed by atoms with E-state index in [9.17, 15) is 9.59 Å². The molecule has 0 aromatic heterocycles. The van der Waals surface area contributed by atoms with Crippen LogP contribution in [0.2, 0.25) is 0 Å². The summed E-state index contributed by atoms with van der Waals surface area (Å²) in [5.74, 6) is -0.990. The van der Waals surface area contributed by atoms with Crippen molar-refractivity contribution in [2.45, 2.75) is 39.0 Å². The molecule has 1 aliphatic carbocycles. The Bertz CT molecular complexity index is 577. The van der Waals surface area contributed by atoms with E-state index in [0.29, 0.717) is 0 Å². The van der Waals surface area contributed by atoms with Crippen molar-refractivity contribution >= 4 is 17.6 Å². The summed E-state index contributed by atoms with van der Waals surface area (Å²) in [5.41, 5.74) is 2.73. The van der Waals surface area contributed by atoms with E-state index in [1.165, 1.54) is 11.8 Å². The van der Waals surface area contributed by atoms with Crippen LogP contribution >= 0.6 is 0 Å². The molecule has 1 N–H and O–H groups in total. The van der Waals surface area contributed by atoms with E-state index >= 15 is 0 Å². The van der Waals surface area contributed by atoms with E-state index < -0.39 is 5.97 Å². The fraction of sp³-hybridized carbons (Fsp3) is 0.412. The van der Waals surface area contributed by atoms with Gasteiger partial charge in [0.25, 0.3) is 0 Å². The molecule has 2 rings (SSSR count). The molecular formula is C17H21NO3. The first kappa shape index (κ1) is 15.3.